The first-order chi connectivity index (χ1) is 10.2. The van der Waals surface area contributed by atoms with Gasteiger partial charge in [0.2, 0.25) is 0 Å². The largest absolute Gasteiger partial charge is 0.369 e. The monoisotopic (exact) mass is 290 g/mol. The van der Waals surface area contributed by atoms with Crippen LogP contribution in [0.1, 0.15) is 58.6 Å². The summed E-state index contributed by atoms with van der Waals surface area (Å²) in [5.41, 5.74) is 1.09. The van der Waals surface area contributed by atoms with Crippen molar-refractivity contribution in [3.05, 3.63) is 18.1 Å². The summed E-state index contributed by atoms with van der Waals surface area (Å²) in [5.74, 6) is 1.63. The molecule has 0 bridgehead atoms. The normalized spacial score (nSPS) is 16.0. The summed E-state index contributed by atoms with van der Waals surface area (Å²) >= 11 is 0. The zero-order valence-electron chi connectivity index (χ0n) is 13.8. The van der Waals surface area contributed by atoms with Gasteiger partial charge in [-0.05, 0) is 38.6 Å². The molecule has 1 aromatic heterocycles. The Balaban J connectivity index is 1.95. The molecule has 0 saturated heterocycles. The smallest absolute Gasteiger partial charge is 0.144 e. The average Bonchev–Trinajstić information content (AvgIpc) is 2.99. The van der Waals surface area contributed by atoms with Gasteiger partial charge in [-0.3, -0.25) is 9.88 Å². The molecule has 1 N–H and O–H groups in total. The van der Waals surface area contributed by atoms with Crippen LogP contribution >= 0.6 is 0 Å². The minimum atomic E-state index is 0.749. The van der Waals surface area contributed by atoms with Crippen LogP contribution in [-0.4, -0.2) is 34.0 Å². The van der Waals surface area contributed by atoms with E-state index in [2.05, 4.69) is 41.0 Å². The van der Waals surface area contributed by atoms with Crippen molar-refractivity contribution in [2.75, 3.05) is 18.4 Å². The van der Waals surface area contributed by atoms with Crippen molar-refractivity contribution in [1.29, 1.82) is 0 Å². The van der Waals surface area contributed by atoms with E-state index in [0.29, 0.717) is 0 Å². The molecule has 21 heavy (non-hydrogen) atoms. The summed E-state index contributed by atoms with van der Waals surface area (Å²) < 4.78 is 0. The lowest BCUT2D eigenvalue weighted by atomic mass is 10.1. The quantitative estimate of drug-likeness (QED) is 0.792. The first-order valence-electron chi connectivity index (χ1n) is 8.48. The molecule has 2 rings (SSSR count). The molecular weight excluding hydrogens is 260 g/mol. The number of rotatable bonds is 8. The first kappa shape index (κ1) is 16.2. The van der Waals surface area contributed by atoms with E-state index in [9.17, 15) is 0 Å². The Morgan fingerprint density at radius 1 is 1.24 bits per heavy atom. The zero-order chi connectivity index (χ0) is 15.1. The third-order valence-corrected chi connectivity index (χ3v) is 4.26. The van der Waals surface area contributed by atoms with Gasteiger partial charge in [0.25, 0.3) is 0 Å². The van der Waals surface area contributed by atoms with Gasteiger partial charge in [0, 0.05) is 19.1 Å². The maximum Gasteiger partial charge on any atom is 0.144 e. The molecule has 1 aliphatic carbocycles. The van der Waals surface area contributed by atoms with E-state index < -0.39 is 0 Å². The molecule has 4 heteroatoms. The van der Waals surface area contributed by atoms with E-state index in [1.165, 1.54) is 38.6 Å². The predicted molar refractivity (Wildman–Crippen MR) is 88.3 cm³/mol. The topological polar surface area (TPSA) is 41.1 Å². The van der Waals surface area contributed by atoms with Gasteiger partial charge in [-0.25, -0.2) is 4.98 Å². The van der Waals surface area contributed by atoms with Gasteiger partial charge in [0.05, 0.1) is 18.1 Å². The van der Waals surface area contributed by atoms with Crippen molar-refractivity contribution in [2.45, 2.75) is 65.5 Å². The summed E-state index contributed by atoms with van der Waals surface area (Å²) in [7, 11) is 0. The summed E-state index contributed by atoms with van der Waals surface area (Å²) in [5, 5.41) is 3.20. The molecule has 0 amide bonds. The van der Waals surface area contributed by atoms with Crippen LogP contribution in [0.3, 0.4) is 0 Å². The van der Waals surface area contributed by atoms with Gasteiger partial charge in [0.15, 0.2) is 0 Å². The van der Waals surface area contributed by atoms with Crippen LogP contribution in [0.4, 0.5) is 5.82 Å². The summed E-state index contributed by atoms with van der Waals surface area (Å²) in [6.45, 7) is 9.69. The van der Waals surface area contributed by atoms with Gasteiger partial charge in [-0.15, -0.1) is 0 Å². The number of aromatic nitrogens is 2. The molecule has 1 fully saturated rings. The second-order valence-corrected chi connectivity index (χ2v) is 6.51. The minimum absolute atomic E-state index is 0.749. The molecule has 1 saturated carbocycles. The lowest BCUT2D eigenvalue weighted by molar-refractivity contribution is 0.177. The highest BCUT2D eigenvalue weighted by Gasteiger charge is 2.23. The molecule has 0 spiro atoms. The summed E-state index contributed by atoms with van der Waals surface area (Å²) in [6, 6.07) is 0.749. The van der Waals surface area contributed by atoms with Crippen molar-refractivity contribution >= 4 is 5.82 Å². The summed E-state index contributed by atoms with van der Waals surface area (Å²) in [4.78, 5) is 11.6. The van der Waals surface area contributed by atoms with E-state index in [4.69, 9.17) is 0 Å². The Kier molecular flexibility index (Phi) is 6.43. The van der Waals surface area contributed by atoms with Crippen LogP contribution in [-0.2, 0) is 6.54 Å². The SMILES string of the molecule is CCNc1cnc(CN(CCC(C)C)C2CCCC2)cn1. The van der Waals surface area contributed by atoms with Gasteiger partial charge in [0.1, 0.15) is 5.82 Å². The zero-order valence-corrected chi connectivity index (χ0v) is 13.8. The maximum absolute atomic E-state index is 4.57. The van der Waals surface area contributed by atoms with Crippen molar-refractivity contribution in [2.24, 2.45) is 5.92 Å². The number of hydrogen-bond donors (Lipinski definition) is 1. The standard InChI is InChI=1S/C17H30N4/c1-4-18-17-12-19-15(11-20-17)13-21(10-9-14(2)3)16-7-5-6-8-16/h11-12,14,16H,4-10,13H2,1-3H3,(H,18,20). The summed E-state index contributed by atoms with van der Waals surface area (Å²) in [6.07, 6.45) is 10.5. The highest BCUT2D eigenvalue weighted by atomic mass is 15.2. The van der Waals surface area contributed by atoms with E-state index in [-0.39, 0.29) is 0 Å². The highest BCUT2D eigenvalue weighted by Crippen LogP contribution is 2.25. The van der Waals surface area contributed by atoms with Crippen LogP contribution in [0, 0.1) is 5.92 Å². The van der Waals surface area contributed by atoms with E-state index in [1.807, 2.05) is 12.4 Å². The van der Waals surface area contributed by atoms with E-state index in [0.717, 1.165) is 36.6 Å². The first-order valence-corrected chi connectivity index (χ1v) is 8.48. The van der Waals surface area contributed by atoms with Crippen molar-refractivity contribution in [3.8, 4) is 0 Å². The Labute approximate surface area is 129 Å². The molecule has 1 aliphatic rings. The maximum atomic E-state index is 4.57. The van der Waals surface area contributed by atoms with Crippen molar-refractivity contribution in [1.82, 2.24) is 14.9 Å². The molecule has 0 aliphatic heterocycles. The Morgan fingerprint density at radius 3 is 2.57 bits per heavy atom. The molecular formula is C17H30N4. The Morgan fingerprint density at radius 2 is 2.00 bits per heavy atom. The molecule has 0 radical (unpaired) electrons. The van der Waals surface area contributed by atoms with Gasteiger partial charge >= 0.3 is 0 Å². The van der Waals surface area contributed by atoms with Crippen LogP contribution in [0.5, 0.6) is 0 Å². The van der Waals surface area contributed by atoms with E-state index >= 15 is 0 Å². The lowest BCUT2D eigenvalue weighted by Crippen LogP contribution is -2.34. The number of hydrogen-bond acceptors (Lipinski definition) is 4. The van der Waals surface area contributed by atoms with Crippen LogP contribution in [0.15, 0.2) is 12.4 Å². The Bertz CT molecular complexity index is 396. The van der Waals surface area contributed by atoms with Crippen molar-refractivity contribution in [3.63, 3.8) is 0 Å². The number of nitrogens with zero attached hydrogens (tertiary/aromatic N) is 3. The minimum Gasteiger partial charge on any atom is -0.369 e. The van der Waals surface area contributed by atoms with Gasteiger partial charge in [-0.2, -0.15) is 0 Å². The number of nitrogens with one attached hydrogen (secondary N) is 1. The molecule has 4 nitrogen and oxygen atoms in total. The Hall–Kier alpha value is -1.16. The molecule has 0 unspecified atom stereocenters. The average molecular weight is 290 g/mol. The lowest BCUT2D eigenvalue weighted by Gasteiger charge is -2.29. The highest BCUT2D eigenvalue weighted by molar-refractivity contribution is 5.30. The fourth-order valence-corrected chi connectivity index (χ4v) is 3.00. The molecule has 0 atom stereocenters. The van der Waals surface area contributed by atoms with E-state index in [1.54, 1.807) is 0 Å². The molecule has 1 aromatic rings. The fourth-order valence-electron chi connectivity index (χ4n) is 3.00. The predicted octanol–water partition coefficient (Wildman–Crippen LogP) is 3.70. The molecule has 1 heterocycles. The molecule has 118 valence electrons. The van der Waals surface area contributed by atoms with Crippen LogP contribution in [0.2, 0.25) is 0 Å². The fraction of sp³-hybridized carbons (Fsp3) is 0.765. The third kappa shape index (κ3) is 5.27. The second kappa shape index (κ2) is 8.32. The molecule has 0 aromatic carbocycles. The number of anilines is 1. The van der Waals surface area contributed by atoms with Gasteiger partial charge < -0.3 is 5.32 Å². The van der Waals surface area contributed by atoms with Gasteiger partial charge in [-0.1, -0.05) is 26.7 Å². The van der Waals surface area contributed by atoms with Crippen LogP contribution < -0.4 is 5.32 Å². The third-order valence-electron chi connectivity index (χ3n) is 4.26. The van der Waals surface area contributed by atoms with Crippen LogP contribution in [0.25, 0.3) is 0 Å². The second-order valence-electron chi connectivity index (χ2n) is 6.51. The van der Waals surface area contributed by atoms with Crippen molar-refractivity contribution < 1.29 is 0 Å².